The molecule has 1 aromatic heterocycles. The average Bonchev–Trinajstić information content (AvgIpc) is 3.00. The minimum atomic E-state index is 0.646. The van der Waals surface area contributed by atoms with Crippen LogP contribution in [-0.4, -0.2) is 6.54 Å². The maximum Gasteiger partial charge on any atom is 0.0347 e. The van der Waals surface area contributed by atoms with Crippen molar-refractivity contribution in [3.8, 4) is 0 Å². The van der Waals surface area contributed by atoms with Gasteiger partial charge in [-0.2, -0.15) is 0 Å². The van der Waals surface area contributed by atoms with Crippen LogP contribution in [0.25, 0.3) is 10.1 Å². The number of hydrogen-bond donors (Lipinski definition) is 1. The molecule has 0 amide bonds. The molecule has 106 valence electrons. The minimum absolute atomic E-state index is 0.646. The third-order valence-corrected chi connectivity index (χ3v) is 5.40. The highest BCUT2D eigenvalue weighted by molar-refractivity contribution is 7.17. The first-order chi connectivity index (χ1) is 10.4. The maximum absolute atomic E-state index is 3.64. The monoisotopic (exact) mass is 293 g/mol. The van der Waals surface area contributed by atoms with E-state index in [1.807, 2.05) is 0 Å². The highest BCUT2D eigenvalue weighted by Crippen LogP contribution is 2.32. The number of rotatable bonds is 3. The molecule has 1 unspecified atom stereocenters. The van der Waals surface area contributed by atoms with Gasteiger partial charge in [-0.1, -0.05) is 24.3 Å². The van der Waals surface area contributed by atoms with E-state index >= 15 is 0 Å². The fourth-order valence-corrected chi connectivity index (χ4v) is 4.16. The van der Waals surface area contributed by atoms with Gasteiger partial charge in [0.05, 0.1) is 0 Å². The second-order valence-electron chi connectivity index (χ2n) is 5.84. The molecular weight excluding hydrogens is 274 g/mol. The molecule has 0 saturated carbocycles. The van der Waals surface area contributed by atoms with Gasteiger partial charge in [0.1, 0.15) is 0 Å². The predicted molar refractivity (Wildman–Crippen MR) is 92.4 cm³/mol. The number of anilines is 1. The summed E-state index contributed by atoms with van der Waals surface area (Å²) in [6.07, 6.45) is 3.85. The Balaban J connectivity index is 1.52. The van der Waals surface area contributed by atoms with Crippen LogP contribution in [-0.2, 0) is 6.42 Å². The third kappa shape index (κ3) is 2.56. The Kier molecular flexibility index (Phi) is 3.40. The van der Waals surface area contributed by atoms with Crippen molar-refractivity contribution >= 4 is 27.1 Å². The molecule has 1 N–H and O–H groups in total. The van der Waals surface area contributed by atoms with Gasteiger partial charge in [-0.25, -0.2) is 0 Å². The normalized spacial score (nSPS) is 17.6. The van der Waals surface area contributed by atoms with Crippen LogP contribution in [0, 0.1) is 0 Å². The van der Waals surface area contributed by atoms with E-state index in [0.29, 0.717) is 5.92 Å². The standard InChI is InChI=1S/C19H19NS/c1-2-7-18-14(4-1)5-3-6-16(18)13-20-17-8-9-19-15(12-17)10-11-21-19/h1-2,4,7-12,16,20H,3,5-6,13H2. The molecule has 4 rings (SSSR count). The molecule has 2 aromatic carbocycles. The fraction of sp³-hybridized carbons (Fsp3) is 0.263. The lowest BCUT2D eigenvalue weighted by atomic mass is 9.83. The molecule has 1 nitrogen and oxygen atoms in total. The van der Waals surface area contributed by atoms with Gasteiger partial charge in [-0.05, 0) is 65.4 Å². The van der Waals surface area contributed by atoms with Crippen LogP contribution in [0.2, 0.25) is 0 Å². The molecule has 1 atom stereocenters. The highest BCUT2D eigenvalue weighted by Gasteiger charge is 2.19. The van der Waals surface area contributed by atoms with Crippen molar-refractivity contribution in [3.05, 3.63) is 65.0 Å². The second kappa shape index (κ2) is 5.53. The molecular formula is C19H19NS. The number of nitrogens with one attached hydrogen (secondary N) is 1. The fourth-order valence-electron chi connectivity index (χ4n) is 3.38. The summed E-state index contributed by atoms with van der Waals surface area (Å²) in [5.74, 6) is 0.646. The maximum atomic E-state index is 3.64. The molecule has 0 fully saturated rings. The Morgan fingerprint density at radius 2 is 2.05 bits per heavy atom. The minimum Gasteiger partial charge on any atom is -0.384 e. The van der Waals surface area contributed by atoms with E-state index < -0.39 is 0 Å². The van der Waals surface area contributed by atoms with E-state index in [2.05, 4.69) is 59.2 Å². The SMILES string of the molecule is c1ccc2c(c1)CCCC2CNc1ccc2sccc2c1. The number of fused-ring (bicyclic) bond motifs is 2. The number of aryl methyl sites for hydroxylation is 1. The van der Waals surface area contributed by atoms with Crippen molar-refractivity contribution in [1.82, 2.24) is 0 Å². The first-order valence-electron chi connectivity index (χ1n) is 7.69. The van der Waals surface area contributed by atoms with E-state index in [1.54, 1.807) is 22.5 Å². The van der Waals surface area contributed by atoms with Gasteiger partial charge in [0.15, 0.2) is 0 Å². The van der Waals surface area contributed by atoms with Crippen molar-refractivity contribution in [2.45, 2.75) is 25.2 Å². The lowest BCUT2D eigenvalue weighted by molar-refractivity contribution is 0.572. The van der Waals surface area contributed by atoms with E-state index in [4.69, 9.17) is 0 Å². The molecule has 0 radical (unpaired) electrons. The Labute approximate surface area is 129 Å². The lowest BCUT2D eigenvalue weighted by Gasteiger charge is -2.26. The van der Waals surface area contributed by atoms with Crippen molar-refractivity contribution in [2.75, 3.05) is 11.9 Å². The van der Waals surface area contributed by atoms with Crippen molar-refractivity contribution in [2.24, 2.45) is 0 Å². The number of hydrogen-bond acceptors (Lipinski definition) is 2. The van der Waals surface area contributed by atoms with Crippen LogP contribution in [0.5, 0.6) is 0 Å². The largest absolute Gasteiger partial charge is 0.384 e. The van der Waals surface area contributed by atoms with Crippen LogP contribution in [0.1, 0.15) is 29.9 Å². The first kappa shape index (κ1) is 12.9. The van der Waals surface area contributed by atoms with Gasteiger partial charge >= 0.3 is 0 Å². The predicted octanol–water partition coefficient (Wildman–Crippen LogP) is 5.43. The molecule has 1 aliphatic rings. The molecule has 2 heteroatoms. The summed E-state index contributed by atoms with van der Waals surface area (Å²) in [4.78, 5) is 0. The summed E-state index contributed by atoms with van der Waals surface area (Å²) in [5, 5.41) is 7.14. The Morgan fingerprint density at radius 1 is 1.10 bits per heavy atom. The second-order valence-corrected chi connectivity index (χ2v) is 6.79. The smallest absolute Gasteiger partial charge is 0.0347 e. The van der Waals surface area contributed by atoms with Crippen molar-refractivity contribution in [3.63, 3.8) is 0 Å². The summed E-state index contributed by atoms with van der Waals surface area (Å²) in [6.45, 7) is 1.03. The zero-order valence-corrected chi connectivity index (χ0v) is 12.8. The van der Waals surface area contributed by atoms with Crippen molar-refractivity contribution < 1.29 is 0 Å². The van der Waals surface area contributed by atoms with Crippen LogP contribution >= 0.6 is 11.3 Å². The summed E-state index contributed by atoms with van der Waals surface area (Å²) in [7, 11) is 0. The zero-order valence-electron chi connectivity index (χ0n) is 12.0. The van der Waals surface area contributed by atoms with E-state index in [0.717, 1.165) is 6.54 Å². The molecule has 3 aromatic rings. The van der Waals surface area contributed by atoms with Crippen LogP contribution < -0.4 is 5.32 Å². The summed E-state index contributed by atoms with van der Waals surface area (Å²) in [5.41, 5.74) is 4.33. The van der Waals surface area contributed by atoms with Crippen LogP contribution in [0.3, 0.4) is 0 Å². The third-order valence-electron chi connectivity index (χ3n) is 4.50. The van der Waals surface area contributed by atoms with E-state index in [1.165, 1.54) is 35.0 Å². The Morgan fingerprint density at radius 3 is 3.05 bits per heavy atom. The number of thiophene rings is 1. The zero-order chi connectivity index (χ0) is 14.1. The Hall–Kier alpha value is -1.80. The summed E-state index contributed by atoms with van der Waals surface area (Å²) in [6, 6.07) is 17.8. The van der Waals surface area contributed by atoms with Crippen molar-refractivity contribution in [1.29, 1.82) is 0 Å². The summed E-state index contributed by atoms with van der Waals surface area (Å²) >= 11 is 1.81. The van der Waals surface area contributed by atoms with E-state index in [-0.39, 0.29) is 0 Å². The highest BCUT2D eigenvalue weighted by atomic mass is 32.1. The molecule has 0 saturated heterocycles. The van der Waals surface area contributed by atoms with Gasteiger partial charge < -0.3 is 5.32 Å². The van der Waals surface area contributed by atoms with Gasteiger partial charge in [-0.15, -0.1) is 11.3 Å². The van der Waals surface area contributed by atoms with Gasteiger partial charge in [0.2, 0.25) is 0 Å². The Bertz CT molecular complexity index is 759. The quantitative estimate of drug-likeness (QED) is 0.678. The molecule has 1 aliphatic carbocycles. The lowest BCUT2D eigenvalue weighted by Crippen LogP contribution is -2.18. The van der Waals surface area contributed by atoms with Crippen LogP contribution in [0.4, 0.5) is 5.69 Å². The molecule has 0 spiro atoms. The first-order valence-corrected chi connectivity index (χ1v) is 8.57. The summed E-state index contributed by atoms with van der Waals surface area (Å²) < 4.78 is 1.36. The molecule has 21 heavy (non-hydrogen) atoms. The van der Waals surface area contributed by atoms with Gasteiger partial charge in [-0.3, -0.25) is 0 Å². The van der Waals surface area contributed by atoms with Gasteiger partial charge in [0, 0.05) is 22.8 Å². The molecule has 0 aliphatic heterocycles. The number of benzene rings is 2. The molecule has 1 heterocycles. The van der Waals surface area contributed by atoms with Gasteiger partial charge in [0.25, 0.3) is 0 Å². The topological polar surface area (TPSA) is 12.0 Å². The molecule has 0 bridgehead atoms. The van der Waals surface area contributed by atoms with Crippen LogP contribution in [0.15, 0.2) is 53.9 Å². The average molecular weight is 293 g/mol. The van der Waals surface area contributed by atoms with E-state index in [9.17, 15) is 0 Å².